The van der Waals surface area contributed by atoms with Crippen LogP contribution < -0.4 is 5.73 Å². The highest BCUT2D eigenvalue weighted by Crippen LogP contribution is 2.30. The fourth-order valence-electron chi connectivity index (χ4n) is 1.80. The van der Waals surface area contributed by atoms with E-state index in [2.05, 4.69) is 4.98 Å². The van der Waals surface area contributed by atoms with E-state index in [1.165, 1.54) is 0 Å². The van der Waals surface area contributed by atoms with Gasteiger partial charge in [0.15, 0.2) is 9.84 Å². The van der Waals surface area contributed by atoms with Crippen molar-refractivity contribution in [3.8, 4) is 11.3 Å². The Bertz CT molecular complexity index is 703. The van der Waals surface area contributed by atoms with Crippen molar-refractivity contribution in [2.24, 2.45) is 0 Å². The molecule has 0 aliphatic carbocycles. The first kappa shape index (κ1) is 13.0. The van der Waals surface area contributed by atoms with Crippen LogP contribution >= 0.6 is 11.3 Å². The van der Waals surface area contributed by atoms with E-state index >= 15 is 0 Å². The molecule has 0 saturated heterocycles. The van der Waals surface area contributed by atoms with Gasteiger partial charge in [0.2, 0.25) is 0 Å². The van der Waals surface area contributed by atoms with Crippen molar-refractivity contribution in [1.29, 1.82) is 0 Å². The van der Waals surface area contributed by atoms with E-state index in [1.807, 2.05) is 13.8 Å². The van der Waals surface area contributed by atoms with Crippen molar-refractivity contribution in [1.82, 2.24) is 4.98 Å². The molecule has 1 heterocycles. The van der Waals surface area contributed by atoms with Crippen LogP contribution in [0.25, 0.3) is 11.3 Å². The smallest absolute Gasteiger partial charge is 0.177 e. The Labute approximate surface area is 110 Å². The van der Waals surface area contributed by atoms with Gasteiger partial charge in [-0.2, -0.15) is 0 Å². The van der Waals surface area contributed by atoms with Crippen LogP contribution in [0.5, 0.6) is 0 Å². The van der Waals surface area contributed by atoms with E-state index in [4.69, 9.17) is 5.73 Å². The van der Waals surface area contributed by atoms with Crippen LogP contribution in [-0.2, 0) is 9.84 Å². The van der Waals surface area contributed by atoms with Crippen molar-refractivity contribution >= 4 is 26.9 Å². The normalized spacial score (nSPS) is 11.7. The van der Waals surface area contributed by atoms with E-state index < -0.39 is 9.84 Å². The fourth-order valence-corrected chi connectivity index (χ4v) is 3.48. The summed E-state index contributed by atoms with van der Waals surface area (Å²) in [6.45, 7) is 3.90. The molecule has 0 atom stereocenters. The molecule has 18 heavy (non-hydrogen) atoms. The lowest BCUT2D eigenvalue weighted by Crippen LogP contribution is -2.02. The topological polar surface area (TPSA) is 73.0 Å². The molecule has 2 rings (SSSR count). The number of nitrogens with two attached hydrogens (primary N) is 1. The third-order valence-electron chi connectivity index (χ3n) is 2.59. The second-order valence-corrected chi connectivity index (χ2v) is 7.55. The van der Waals surface area contributed by atoms with Gasteiger partial charge in [0.25, 0.3) is 0 Å². The summed E-state index contributed by atoms with van der Waals surface area (Å²) in [5.41, 5.74) is 7.57. The Morgan fingerprint density at radius 1 is 1.28 bits per heavy atom. The van der Waals surface area contributed by atoms with Crippen molar-refractivity contribution in [3.05, 3.63) is 28.1 Å². The lowest BCUT2D eigenvalue weighted by Gasteiger charge is -2.06. The molecule has 96 valence electrons. The molecule has 0 amide bonds. The van der Waals surface area contributed by atoms with Gasteiger partial charge in [0, 0.05) is 16.7 Å². The molecule has 0 aliphatic rings. The highest BCUT2D eigenvalue weighted by molar-refractivity contribution is 7.90. The molecule has 0 unspecified atom stereocenters. The van der Waals surface area contributed by atoms with E-state index in [9.17, 15) is 8.42 Å². The minimum Gasteiger partial charge on any atom is -0.398 e. The Balaban J connectivity index is 2.65. The lowest BCUT2D eigenvalue weighted by molar-refractivity contribution is 0.602. The van der Waals surface area contributed by atoms with E-state index in [-0.39, 0.29) is 10.6 Å². The summed E-state index contributed by atoms with van der Waals surface area (Å²) in [6.07, 6.45) is 1.15. The highest BCUT2D eigenvalue weighted by atomic mass is 32.2. The summed E-state index contributed by atoms with van der Waals surface area (Å²) in [6, 6.07) is 5.00. The van der Waals surface area contributed by atoms with Crippen LogP contribution in [0.3, 0.4) is 0 Å². The van der Waals surface area contributed by atoms with Gasteiger partial charge in [-0.1, -0.05) is 6.07 Å². The average Bonchev–Trinajstić information content (AvgIpc) is 2.57. The van der Waals surface area contributed by atoms with E-state index in [0.717, 1.165) is 27.4 Å². The quantitative estimate of drug-likeness (QED) is 0.858. The third-order valence-corrected chi connectivity index (χ3v) is 4.63. The van der Waals surface area contributed by atoms with Gasteiger partial charge in [-0.05, 0) is 26.0 Å². The molecule has 2 aromatic rings. The first-order valence-electron chi connectivity index (χ1n) is 5.33. The fraction of sp³-hybridized carbons (Fsp3) is 0.250. The van der Waals surface area contributed by atoms with Crippen molar-refractivity contribution in [3.63, 3.8) is 0 Å². The van der Waals surface area contributed by atoms with Crippen LogP contribution in [0.15, 0.2) is 23.1 Å². The van der Waals surface area contributed by atoms with Gasteiger partial charge in [-0.25, -0.2) is 13.4 Å². The number of nitrogens with zero attached hydrogens (tertiary/aromatic N) is 1. The molecule has 0 spiro atoms. The Hall–Kier alpha value is -1.40. The summed E-state index contributed by atoms with van der Waals surface area (Å²) in [4.78, 5) is 5.64. The maximum atomic E-state index is 11.6. The van der Waals surface area contributed by atoms with Crippen molar-refractivity contribution in [2.75, 3.05) is 12.0 Å². The zero-order valence-corrected chi connectivity index (χ0v) is 12.0. The number of aryl methyl sites for hydroxylation is 2. The summed E-state index contributed by atoms with van der Waals surface area (Å²) in [7, 11) is -3.32. The minimum atomic E-state index is -3.32. The first-order valence-corrected chi connectivity index (χ1v) is 8.04. The van der Waals surface area contributed by atoms with Crippen molar-refractivity contribution < 1.29 is 8.42 Å². The van der Waals surface area contributed by atoms with Crippen LogP contribution in [0, 0.1) is 13.8 Å². The monoisotopic (exact) mass is 282 g/mol. The minimum absolute atomic E-state index is 0.157. The largest absolute Gasteiger partial charge is 0.398 e. The Morgan fingerprint density at radius 3 is 2.44 bits per heavy atom. The molecule has 0 bridgehead atoms. The highest BCUT2D eigenvalue weighted by Gasteiger charge is 2.15. The lowest BCUT2D eigenvalue weighted by atomic mass is 10.1. The third kappa shape index (κ3) is 2.39. The van der Waals surface area contributed by atoms with Gasteiger partial charge < -0.3 is 5.73 Å². The SMILES string of the molecule is Cc1nc(-c2ccc(N)c(S(C)(=O)=O)c2)c(C)s1. The standard InChI is InChI=1S/C12H14N2O2S2/c1-7-12(14-8(2)17-7)9-4-5-10(13)11(6-9)18(3,15)16/h4-6H,13H2,1-3H3. The average molecular weight is 282 g/mol. The maximum Gasteiger partial charge on any atom is 0.177 e. The second kappa shape index (κ2) is 4.37. The van der Waals surface area contributed by atoms with E-state index in [0.29, 0.717) is 0 Å². The molecular weight excluding hydrogens is 268 g/mol. The zero-order chi connectivity index (χ0) is 13.5. The van der Waals surface area contributed by atoms with Gasteiger partial charge in [-0.15, -0.1) is 11.3 Å². The maximum absolute atomic E-state index is 11.6. The van der Waals surface area contributed by atoms with E-state index in [1.54, 1.807) is 29.5 Å². The van der Waals surface area contributed by atoms with Crippen LogP contribution in [0.1, 0.15) is 9.88 Å². The van der Waals surface area contributed by atoms with Gasteiger partial charge in [0.05, 0.1) is 21.3 Å². The molecule has 0 fully saturated rings. The number of nitrogen functional groups attached to an aromatic ring is 1. The number of aromatic nitrogens is 1. The van der Waals surface area contributed by atoms with Crippen LogP contribution in [-0.4, -0.2) is 19.7 Å². The number of hydrogen-bond acceptors (Lipinski definition) is 5. The number of sulfone groups is 1. The Morgan fingerprint density at radius 2 is 1.94 bits per heavy atom. The molecule has 1 aromatic heterocycles. The predicted molar refractivity (Wildman–Crippen MR) is 74.5 cm³/mol. The number of anilines is 1. The van der Waals surface area contributed by atoms with Crippen molar-refractivity contribution in [2.45, 2.75) is 18.7 Å². The predicted octanol–water partition coefficient (Wildman–Crippen LogP) is 2.41. The number of benzene rings is 1. The van der Waals surface area contributed by atoms with Crippen LogP contribution in [0.2, 0.25) is 0 Å². The number of hydrogen-bond donors (Lipinski definition) is 1. The van der Waals surface area contributed by atoms with Crippen LogP contribution in [0.4, 0.5) is 5.69 Å². The second-order valence-electron chi connectivity index (χ2n) is 4.16. The Kier molecular flexibility index (Phi) is 3.16. The molecule has 2 N–H and O–H groups in total. The molecule has 0 radical (unpaired) electrons. The summed E-state index contributed by atoms with van der Waals surface area (Å²) in [5, 5.41) is 0.959. The van der Waals surface area contributed by atoms with Gasteiger partial charge in [-0.3, -0.25) is 0 Å². The molecule has 0 saturated carbocycles. The van der Waals surface area contributed by atoms with Gasteiger partial charge >= 0.3 is 0 Å². The van der Waals surface area contributed by atoms with Gasteiger partial charge in [0.1, 0.15) is 0 Å². The first-order chi connectivity index (χ1) is 8.29. The molecule has 0 aliphatic heterocycles. The molecule has 6 heteroatoms. The number of thiazole rings is 1. The molecule has 1 aromatic carbocycles. The number of rotatable bonds is 2. The molecule has 4 nitrogen and oxygen atoms in total. The summed E-state index contributed by atoms with van der Waals surface area (Å²) < 4.78 is 23.3. The molecular formula is C12H14N2O2S2. The zero-order valence-electron chi connectivity index (χ0n) is 10.4. The summed E-state index contributed by atoms with van der Waals surface area (Å²) in [5.74, 6) is 0. The summed E-state index contributed by atoms with van der Waals surface area (Å²) >= 11 is 1.59.